The first-order valence-corrected chi connectivity index (χ1v) is 8.77. The van der Waals surface area contributed by atoms with Crippen LogP contribution in [0.1, 0.15) is 24.6 Å². The number of nitrogens with zero attached hydrogens (tertiary/aromatic N) is 4. The summed E-state index contributed by atoms with van der Waals surface area (Å²) < 4.78 is 27.4. The molecule has 4 rings (SSSR count). The SMILES string of the molecule is FC[C@]1(COCc2ccccc2)CC[C@H](n2cnc3c(Cl)ncnc32)O1. The van der Waals surface area contributed by atoms with E-state index in [1.54, 1.807) is 10.9 Å². The predicted molar refractivity (Wildman–Crippen MR) is 94.5 cm³/mol. The van der Waals surface area contributed by atoms with Crippen molar-refractivity contribution in [2.45, 2.75) is 31.3 Å². The molecule has 2 aromatic heterocycles. The van der Waals surface area contributed by atoms with Gasteiger partial charge in [0.1, 0.15) is 30.3 Å². The number of aromatic nitrogens is 4. The van der Waals surface area contributed by atoms with Crippen LogP contribution in [-0.4, -0.2) is 38.4 Å². The minimum atomic E-state index is -0.952. The molecule has 8 heteroatoms. The second-order valence-electron chi connectivity index (χ2n) is 6.39. The van der Waals surface area contributed by atoms with Gasteiger partial charge in [0.25, 0.3) is 0 Å². The molecule has 6 nitrogen and oxygen atoms in total. The first-order valence-electron chi connectivity index (χ1n) is 8.39. The summed E-state index contributed by atoms with van der Waals surface area (Å²) in [5.74, 6) is 0. The molecule has 1 fully saturated rings. The topological polar surface area (TPSA) is 62.1 Å². The largest absolute Gasteiger partial charge is 0.374 e. The van der Waals surface area contributed by atoms with Crippen molar-refractivity contribution in [1.29, 1.82) is 0 Å². The van der Waals surface area contributed by atoms with Crippen molar-refractivity contribution in [2.24, 2.45) is 0 Å². The van der Waals surface area contributed by atoms with Crippen LogP contribution in [0, 0.1) is 0 Å². The van der Waals surface area contributed by atoms with Gasteiger partial charge < -0.3 is 9.47 Å². The molecule has 0 saturated carbocycles. The van der Waals surface area contributed by atoms with E-state index in [0.29, 0.717) is 30.6 Å². The fraction of sp³-hybridized carbons (Fsp3) is 0.389. The van der Waals surface area contributed by atoms with E-state index in [9.17, 15) is 4.39 Å². The molecule has 1 aliphatic rings. The molecule has 1 aliphatic heterocycles. The van der Waals surface area contributed by atoms with E-state index in [0.717, 1.165) is 5.56 Å². The molecule has 136 valence electrons. The maximum Gasteiger partial charge on any atom is 0.166 e. The van der Waals surface area contributed by atoms with Crippen LogP contribution in [0.4, 0.5) is 4.39 Å². The molecule has 26 heavy (non-hydrogen) atoms. The highest BCUT2D eigenvalue weighted by molar-refractivity contribution is 6.33. The lowest BCUT2D eigenvalue weighted by molar-refractivity contribution is -0.123. The molecule has 0 bridgehead atoms. The summed E-state index contributed by atoms with van der Waals surface area (Å²) >= 11 is 6.04. The third kappa shape index (κ3) is 3.30. The highest BCUT2D eigenvalue weighted by atomic mass is 35.5. The van der Waals surface area contributed by atoms with E-state index in [4.69, 9.17) is 21.1 Å². The summed E-state index contributed by atoms with van der Waals surface area (Å²) in [5, 5.41) is 0.287. The Morgan fingerprint density at radius 3 is 2.92 bits per heavy atom. The molecule has 0 amide bonds. The third-order valence-corrected chi connectivity index (χ3v) is 4.85. The number of hydrogen-bond donors (Lipinski definition) is 0. The molecule has 1 saturated heterocycles. The summed E-state index contributed by atoms with van der Waals surface area (Å²) in [7, 11) is 0. The van der Waals surface area contributed by atoms with Gasteiger partial charge in [-0.2, -0.15) is 0 Å². The molecule has 0 N–H and O–H groups in total. The summed E-state index contributed by atoms with van der Waals surface area (Å²) in [6.45, 7) is 0.00534. The van der Waals surface area contributed by atoms with Gasteiger partial charge in [0.15, 0.2) is 10.8 Å². The Bertz CT molecular complexity index is 891. The van der Waals surface area contributed by atoms with Gasteiger partial charge in [-0.15, -0.1) is 0 Å². The lowest BCUT2D eigenvalue weighted by atomic mass is 10.0. The van der Waals surface area contributed by atoms with Gasteiger partial charge in [-0.1, -0.05) is 41.9 Å². The molecule has 0 unspecified atom stereocenters. The number of ether oxygens (including phenoxy) is 2. The van der Waals surface area contributed by atoms with Gasteiger partial charge in [-0.3, -0.25) is 4.57 Å². The van der Waals surface area contributed by atoms with Crippen LogP contribution in [0.25, 0.3) is 11.2 Å². The number of fused-ring (bicyclic) bond motifs is 1. The van der Waals surface area contributed by atoms with Gasteiger partial charge in [-0.25, -0.2) is 19.3 Å². The molecule has 0 aliphatic carbocycles. The smallest absolute Gasteiger partial charge is 0.166 e. The number of benzene rings is 1. The van der Waals surface area contributed by atoms with Crippen molar-refractivity contribution < 1.29 is 13.9 Å². The van der Waals surface area contributed by atoms with Crippen LogP contribution < -0.4 is 0 Å². The Morgan fingerprint density at radius 2 is 2.12 bits per heavy atom. The molecule has 3 heterocycles. The highest BCUT2D eigenvalue weighted by Gasteiger charge is 2.42. The summed E-state index contributed by atoms with van der Waals surface area (Å²) in [6.07, 6.45) is 3.83. The zero-order chi connectivity index (χ0) is 18.0. The second-order valence-corrected chi connectivity index (χ2v) is 6.75. The maximum absolute atomic E-state index is 13.8. The van der Waals surface area contributed by atoms with E-state index in [-0.39, 0.29) is 18.0 Å². The van der Waals surface area contributed by atoms with Crippen LogP contribution in [0.2, 0.25) is 5.15 Å². The number of imidazole rings is 1. The molecule has 0 spiro atoms. The second kappa shape index (κ2) is 7.26. The highest BCUT2D eigenvalue weighted by Crippen LogP contribution is 2.38. The fourth-order valence-corrected chi connectivity index (χ4v) is 3.37. The van der Waals surface area contributed by atoms with E-state index in [2.05, 4.69) is 15.0 Å². The van der Waals surface area contributed by atoms with Crippen LogP contribution in [0.15, 0.2) is 43.0 Å². The monoisotopic (exact) mass is 376 g/mol. The van der Waals surface area contributed by atoms with Crippen molar-refractivity contribution in [3.05, 3.63) is 53.7 Å². The molecule has 3 aromatic rings. The maximum atomic E-state index is 13.8. The van der Waals surface area contributed by atoms with E-state index < -0.39 is 12.3 Å². The van der Waals surface area contributed by atoms with Gasteiger partial charge in [0.2, 0.25) is 0 Å². The number of alkyl halides is 1. The van der Waals surface area contributed by atoms with Gasteiger partial charge in [-0.05, 0) is 18.4 Å². The van der Waals surface area contributed by atoms with Gasteiger partial charge in [0.05, 0.1) is 19.5 Å². The molecular formula is C18H18ClFN4O2. The van der Waals surface area contributed by atoms with Crippen molar-refractivity contribution in [2.75, 3.05) is 13.3 Å². The summed E-state index contributed by atoms with van der Waals surface area (Å²) in [4.78, 5) is 12.4. The van der Waals surface area contributed by atoms with Crippen molar-refractivity contribution in [1.82, 2.24) is 19.5 Å². The lowest BCUT2D eigenvalue weighted by Gasteiger charge is -2.26. The first kappa shape index (κ1) is 17.3. The predicted octanol–water partition coefficient (Wildman–Crippen LogP) is 3.71. The summed E-state index contributed by atoms with van der Waals surface area (Å²) in [5.41, 5.74) is 1.18. The van der Waals surface area contributed by atoms with Crippen LogP contribution in [-0.2, 0) is 16.1 Å². The Balaban J connectivity index is 1.45. The minimum absolute atomic E-state index is 0.192. The Labute approximate surface area is 154 Å². The first-order chi connectivity index (χ1) is 12.7. The molecule has 0 radical (unpaired) electrons. The van der Waals surface area contributed by atoms with Crippen molar-refractivity contribution in [3.8, 4) is 0 Å². The molecule has 1 aromatic carbocycles. The van der Waals surface area contributed by atoms with Crippen LogP contribution >= 0.6 is 11.6 Å². The molecule has 2 atom stereocenters. The summed E-state index contributed by atoms with van der Waals surface area (Å²) in [6, 6.07) is 9.79. The fourth-order valence-electron chi connectivity index (χ4n) is 3.20. The van der Waals surface area contributed by atoms with Gasteiger partial charge in [0, 0.05) is 0 Å². The normalized spacial score (nSPS) is 22.9. The third-order valence-electron chi connectivity index (χ3n) is 4.58. The minimum Gasteiger partial charge on any atom is -0.374 e. The van der Waals surface area contributed by atoms with Crippen LogP contribution in [0.5, 0.6) is 0 Å². The lowest BCUT2D eigenvalue weighted by Crippen LogP contribution is -2.37. The van der Waals surface area contributed by atoms with E-state index in [1.807, 2.05) is 30.3 Å². The average Bonchev–Trinajstić information content (AvgIpc) is 3.28. The van der Waals surface area contributed by atoms with Crippen LogP contribution in [0.3, 0.4) is 0 Å². The van der Waals surface area contributed by atoms with Crippen molar-refractivity contribution >= 4 is 22.8 Å². The zero-order valence-electron chi connectivity index (χ0n) is 14.0. The van der Waals surface area contributed by atoms with Gasteiger partial charge >= 0.3 is 0 Å². The number of halogens is 2. The van der Waals surface area contributed by atoms with E-state index in [1.165, 1.54) is 6.33 Å². The number of rotatable bonds is 6. The van der Waals surface area contributed by atoms with E-state index >= 15 is 0 Å². The molecular weight excluding hydrogens is 359 g/mol. The Morgan fingerprint density at radius 1 is 1.27 bits per heavy atom. The Kier molecular flexibility index (Phi) is 4.84. The zero-order valence-corrected chi connectivity index (χ0v) is 14.8. The number of hydrogen-bond acceptors (Lipinski definition) is 5. The average molecular weight is 377 g/mol. The Hall–Kier alpha value is -2.09. The standard InChI is InChI=1S/C18H18ClFN4O2/c19-16-15-17(22-11-21-16)24(12-23-15)14-6-7-18(9-20,26-14)10-25-8-13-4-2-1-3-5-13/h1-5,11-12,14H,6-10H2/t14-,18+/m1/s1. The quantitative estimate of drug-likeness (QED) is 0.614. The van der Waals surface area contributed by atoms with Crippen molar-refractivity contribution in [3.63, 3.8) is 0 Å².